The number of benzene rings is 1. The summed E-state index contributed by atoms with van der Waals surface area (Å²) in [4.78, 5) is 17.3. The minimum atomic E-state index is -0.157. The third-order valence-corrected chi connectivity index (χ3v) is 5.23. The van der Waals surface area contributed by atoms with E-state index in [2.05, 4.69) is 38.1 Å². The van der Waals surface area contributed by atoms with Crippen molar-refractivity contribution < 1.29 is 4.79 Å². The molecule has 6 heteroatoms. The van der Waals surface area contributed by atoms with Crippen LogP contribution in [0.5, 0.6) is 0 Å². The molecular weight excluding hydrogens is 326 g/mol. The monoisotopic (exact) mass is 349 g/mol. The minimum Gasteiger partial charge on any atom is -0.346 e. The molecule has 134 valence electrons. The first kappa shape index (κ1) is 16.7. The minimum absolute atomic E-state index is 0.0175. The Kier molecular flexibility index (Phi) is 4.18. The molecule has 1 aliphatic heterocycles. The molecule has 1 aliphatic rings. The lowest BCUT2D eigenvalue weighted by Crippen LogP contribution is -2.30. The Morgan fingerprint density at radius 2 is 2.08 bits per heavy atom. The second kappa shape index (κ2) is 6.52. The molecule has 1 aromatic carbocycles. The van der Waals surface area contributed by atoms with E-state index in [0.29, 0.717) is 6.42 Å². The lowest BCUT2D eigenvalue weighted by atomic mass is 9.99. The molecule has 0 saturated carbocycles. The highest BCUT2D eigenvalue weighted by Gasteiger charge is 2.23. The van der Waals surface area contributed by atoms with Gasteiger partial charge in [-0.1, -0.05) is 18.2 Å². The molecule has 1 N–H and O–H groups in total. The van der Waals surface area contributed by atoms with Crippen LogP contribution >= 0.6 is 0 Å². The zero-order valence-electron chi connectivity index (χ0n) is 15.4. The third-order valence-electron chi connectivity index (χ3n) is 5.23. The average molecular weight is 349 g/mol. The molecule has 1 amide bonds. The Labute approximate surface area is 152 Å². The van der Waals surface area contributed by atoms with Crippen LogP contribution in [0.25, 0.3) is 10.9 Å². The van der Waals surface area contributed by atoms with Crippen LogP contribution in [-0.4, -0.2) is 25.7 Å². The SMILES string of the molecule is Cc1nc2ccccc2c(C)c1CC(=O)NC(C)c1nnc2n1CCC2. The zero-order valence-corrected chi connectivity index (χ0v) is 15.4. The Hall–Kier alpha value is -2.76. The predicted molar refractivity (Wildman–Crippen MR) is 99.8 cm³/mol. The summed E-state index contributed by atoms with van der Waals surface area (Å²) in [5.41, 5.74) is 4.01. The fraction of sp³-hybridized carbons (Fsp3) is 0.400. The summed E-state index contributed by atoms with van der Waals surface area (Å²) in [6.45, 7) is 6.93. The summed E-state index contributed by atoms with van der Waals surface area (Å²) >= 11 is 0. The third kappa shape index (κ3) is 2.85. The Morgan fingerprint density at radius 3 is 2.92 bits per heavy atom. The van der Waals surface area contributed by atoms with Crippen LogP contribution < -0.4 is 5.32 Å². The van der Waals surface area contributed by atoms with E-state index in [9.17, 15) is 4.79 Å². The van der Waals surface area contributed by atoms with E-state index >= 15 is 0 Å². The molecule has 2 aromatic heterocycles. The Bertz CT molecular complexity index is 991. The van der Waals surface area contributed by atoms with Gasteiger partial charge in [0.25, 0.3) is 0 Å². The van der Waals surface area contributed by atoms with Crippen LogP contribution in [0.1, 0.15) is 47.9 Å². The van der Waals surface area contributed by atoms with Gasteiger partial charge in [0.05, 0.1) is 18.0 Å². The van der Waals surface area contributed by atoms with Gasteiger partial charge in [0.2, 0.25) is 5.91 Å². The summed E-state index contributed by atoms with van der Waals surface area (Å²) < 4.78 is 2.12. The van der Waals surface area contributed by atoms with Crippen molar-refractivity contribution in [1.82, 2.24) is 25.1 Å². The topological polar surface area (TPSA) is 72.7 Å². The first-order chi connectivity index (χ1) is 12.5. The fourth-order valence-electron chi connectivity index (χ4n) is 3.84. The largest absolute Gasteiger partial charge is 0.346 e. The quantitative estimate of drug-likeness (QED) is 0.786. The number of hydrogen-bond donors (Lipinski definition) is 1. The first-order valence-corrected chi connectivity index (χ1v) is 9.10. The van der Waals surface area contributed by atoms with Crippen molar-refractivity contribution in [2.24, 2.45) is 0 Å². The number of rotatable bonds is 4. The lowest BCUT2D eigenvalue weighted by Gasteiger charge is -2.16. The Morgan fingerprint density at radius 1 is 1.27 bits per heavy atom. The molecule has 26 heavy (non-hydrogen) atoms. The van der Waals surface area contributed by atoms with Gasteiger partial charge in [0.15, 0.2) is 5.82 Å². The summed E-state index contributed by atoms with van der Waals surface area (Å²) in [6.07, 6.45) is 2.38. The van der Waals surface area contributed by atoms with E-state index in [-0.39, 0.29) is 11.9 Å². The summed E-state index contributed by atoms with van der Waals surface area (Å²) in [7, 11) is 0. The van der Waals surface area contributed by atoms with E-state index in [1.165, 1.54) is 0 Å². The molecule has 0 spiro atoms. The van der Waals surface area contributed by atoms with Crippen molar-refractivity contribution in [2.75, 3.05) is 0 Å². The number of fused-ring (bicyclic) bond motifs is 2. The van der Waals surface area contributed by atoms with E-state index in [1.807, 2.05) is 32.0 Å². The molecule has 1 unspecified atom stereocenters. The number of aromatic nitrogens is 4. The molecule has 0 bridgehead atoms. The van der Waals surface area contributed by atoms with Crippen LogP contribution in [0.4, 0.5) is 0 Å². The van der Waals surface area contributed by atoms with Crippen molar-refractivity contribution in [1.29, 1.82) is 0 Å². The van der Waals surface area contributed by atoms with Crippen LogP contribution in [0.3, 0.4) is 0 Å². The lowest BCUT2D eigenvalue weighted by molar-refractivity contribution is -0.121. The van der Waals surface area contributed by atoms with E-state index in [4.69, 9.17) is 0 Å². The number of nitrogens with zero attached hydrogens (tertiary/aromatic N) is 4. The van der Waals surface area contributed by atoms with Gasteiger partial charge in [-0.15, -0.1) is 10.2 Å². The van der Waals surface area contributed by atoms with Gasteiger partial charge in [-0.25, -0.2) is 0 Å². The number of pyridine rings is 1. The molecule has 6 nitrogen and oxygen atoms in total. The molecule has 0 saturated heterocycles. The predicted octanol–water partition coefficient (Wildman–Crippen LogP) is 2.81. The molecule has 1 atom stereocenters. The summed E-state index contributed by atoms with van der Waals surface area (Å²) in [5, 5.41) is 12.7. The highest BCUT2D eigenvalue weighted by Crippen LogP contribution is 2.23. The van der Waals surface area contributed by atoms with Crippen molar-refractivity contribution in [2.45, 2.75) is 52.6 Å². The van der Waals surface area contributed by atoms with E-state index < -0.39 is 0 Å². The van der Waals surface area contributed by atoms with E-state index in [0.717, 1.165) is 58.8 Å². The Balaban J connectivity index is 1.54. The van der Waals surface area contributed by atoms with Crippen molar-refractivity contribution >= 4 is 16.8 Å². The molecule has 3 heterocycles. The number of carbonyl (C=O) groups is 1. The van der Waals surface area contributed by atoms with Crippen molar-refractivity contribution in [3.8, 4) is 0 Å². The van der Waals surface area contributed by atoms with Crippen molar-refractivity contribution in [3.63, 3.8) is 0 Å². The van der Waals surface area contributed by atoms with Crippen LogP contribution in [-0.2, 0) is 24.2 Å². The van der Waals surface area contributed by atoms with Gasteiger partial charge >= 0.3 is 0 Å². The molecule has 0 fully saturated rings. The fourth-order valence-corrected chi connectivity index (χ4v) is 3.84. The second-order valence-electron chi connectivity index (χ2n) is 7.01. The second-order valence-corrected chi connectivity index (χ2v) is 7.01. The van der Waals surface area contributed by atoms with Gasteiger partial charge in [-0.2, -0.15) is 0 Å². The van der Waals surface area contributed by atoms with Gasteiger partial charge in [-0.3, -0.25) is 9.78 Å². The maximum absolute atomic E-state index is 12.7. The highest BCUT2D eigenvalue weighted by atomic mass is 16.1. The molecule has 0 aliphatic carbocycles. The van der Waals surface area contributed by atoms with Gasteiger partial charge in [0, 0.05) is 24.0 Å². The van der Waals surface area contributed by atoms with Gasteiger partial charge in [0.1, 0.15) is 5.82 Å². The van der Waals surface area contributed by atoms with E-state index in [1.54, 1.807) is 0 Å². The standard InChI is InChI=1S/C20H23N5O/c1-12-15-7-4-5-8-17(15)21-13(2)16(12)11-19(26)22-14(3)20-24-23-18-9-6-10-25(18)20/h4-5,7-8,14H,6,9-11H2,1-3H3,(H,22,26). The number of amides is 1. The normalized spacial score (nSPS) is 14.4. The number of para-hydroxylation sites is 1. The number of carbonyl (C=O) groups excluding carboxylic acids is 1. The maximum atomic E-state index is 12.7. The first-order valence-electron chi connectivity index (χ1n) is 9.10. The maximum Gasteiger partial charge on any atom is 0.225 e. The van der Waals surface area contributed by atoms with Gasteiger partial charge in [-0.05, 0) is 44.4 Å². The number of nitrogens with one attached hydrogen (secondary N) is 1. The average Bonchev–Trinajstić information content (AvgIpc) is 3.22. The number of aryl methyl sites for hydroxylation is 3. The van der Waals surface area contributed by atoms with Crippen LogP contribution in [0, 0.1) is 13.8 Å². The number of hydrogen-bond acceptors (Lipinski definition) is 4. The molecule has 4 rings (SSSR count). The molecular formula is C20H23N5O. The zero-order chi connectivity index (χ0) is 18.3. The highest BCUT2D eigenvalue weighted by molar-refractivity contribution is 5.86. The van der Waals surface area contributed by atoms with Crippen LogP contribution in [0.15, 0.2) is 24.3 Å². The van der Waals surface area contributed by atoms with Gasteiger partial charge < -0.3 is 9.88 Å². The smallest absolute Gasteiger partial charge is 0.225 e. The molecule has 3 aromatic rings. The summed E-state index contributed by atoms with van der Waals surface area (Å²) in [6, 6.07) is 7.90. The molecule has 0 radical (unpaired) electrons. The van der Waals surface area contributed by atoms with Crippen LogP contribution in [0.2, 0.25) is 0 Å². The summed E-state index contributed by atoms with van der Waals surface area (Å²) in [5.74, 6) is 1.85. The van der Waals surface area contributed by atoms with Crippen molar-refractivity contribution in [3.05, 3.63) is 52.7 Å².